The van der Waals surface area contributed by atoms with Crippen LogP contribution in [-0.2, 0) is 0 Å². The fourth-order valence-corrected chi connectivity index (χ4v) is 2.02. The van der Waals surface area contributed by atoms with Crippen molar-refractivity contribution in [2.75, 3.05) is 0 Å². The van der Waals surface area contributed by atoms with Gasteiger partial charge >= 0.3 is 5.97 Å². The molecule has 1 heterocycles. The van der Waals surface area contributed by atoms with Crippen molar-refractivity contribution in [3.05, 3.63) is 41.3 Å². The van der Waals surface area contributed by atoms with Crippen LogP contribution in [0.15, 0.2) is 28.7 Å². The minimum Gasteiger partial charge on any atom is -0.475 e. The first-order chi connectivity index (χ1) is 8.65. The van der Waals surface area contributed by atoms with Gasteiger partial charge in [0, 0.05) is 11.5 Å². The van der Waals surface area contributed by atoms with Crippen LogP contribution in [0.3, 0.4) is 0 Å². The summed E-state index contributed by atoms with van der Waals surface area (Å²) in [7, 11) is 0. The molecule has 1 aliphatic rings. The molecule has 0 spiro atoms. The molecule has 0 atom stereocenters. The first kappa shape index (κ1) is 11.0. The van der Waals surface area contributed by atoms with E-state index in [0.29, 0.717) is 11.6 Å². The zero-order valence-electron chi connectivity index (χ0n) is 10.0. The highest BCUT2D eigenvalue weighted by atomic mass is 16.4. The molecule has 92 valence electrons. The van der Waals surface area contributed by atoms with E-state index in [9.17, 15) is 4.79 Å². The fraction of sp³-hybridized carbons (Fsp3) is 0.286. The minimum absolute atomic E-state index is 0.00555. The number of hydrogen-bond acceptors (Lipinski definition) is 3. The van der Waals surface area contributed by atoms with Crippen molar-refractivity contribution in [1.29, 1.82) is 0 Å². The normalized spacial score (nSPS) is 14.7. The molecule has 0 unspecified atom stereocenters. The summed E-state index contributed by atoms with van der Waals surface area (Å²) in [5.41, 5.74) is 2.51. The SMILES string of the molecule is Cc1cccc(-c2nc(C3CC3)c(C(=O)O)o2)c1. The zero-order valence-corrected chi connectivity index (χ0v) is 10.0. The summed E-state index contributed by atoms with van der Waals surface area (Å²) in [5, 5.41) is 9.12. The lowest BCUT2D eigenvalue weighted by Gasteiger charge is -1.96. The van der Waals surface area contributed by atoms with Gasteiger partial charge in [0.1, 0.15) is 0 Å². The molecule has 0 amide bonds. The van der Waals surface area contributed by atoms with Crippen LogP contribution < -0.4 is 0 Å². The summed E-state index contributed by atoms with van der Waals surface area (Å²) in [4.78, 5) is 15.5. The quantitative estimate of drug-likeness (QED) is 0.898. The van der Waals surface area contributed by atoms with Crippen LogP contribution in [0.5, 0.6) is 0 Å². The van der Waals surface area contributed by atoms with E-state index < -0.39 is 5.97 Å². The van der Waals surface area contributed by atoms with Crippen molar-refractivity contribution < 1.29 is 14.3 Å². The number of carboxylic acid groups (broad SMARTS) is 1. The molecule has 0 radical (unpaired) electrons. The van der Waals surface area contributed by atoms with Crippen LogP contribution in [0.2, 0.25) is 0 Å². The highest BCUT2D eigenvalue weighted by Gasteiger charge is 2.33. The van der Waals surface area contributed by atoms with Gasteiger partial charge in [-0.2, -0.15) is 0 Å². The largest absolute Gasteiger partial charge is 0.475 e. The molecule has 1 aliphatic carbocycles. The van der Waals surface area contributed by atoms with E-state index >= 15 is 0 Å². The van der Waals surface area contributed by atoms with E-state index in [1.54, 1.807) is 0 Å². The summed E-state index contributed by atoms with van der Waals surface area (Å²) >= 11 is 0. The van der Waals surface area contributed by atoms with E-state index in [-0.39, 0.29) is 11.7 Å². The van der Waals surface area contributed by atoms with Gasteiger partial charge in [-0.3, -0.25) is 0 Å². The monoisotopic (exact) mass is 243 g/mol. The van der Waals surface area contributed by atoms with Crippen LogP contribution in [0, 0.1) is 6.92 Å². The highest BCUT2D eigenvalue weighted by Crippen LogP contribution is 2.42. The van der Waals surface area contributed by atoms with Gasteiger partial charge in [0.25, 0.3) is 0 Å². The lowest BCUT2D eigenvalue weighted by Crippen LogP contribution is -1.98. The molecule has 1 aromatic heterocycles. The molecule has 1 N–H and O–H groups in total. The van der Waals surface area contributed by atoms with Crippen LogP contribution >= 0.6 is 0 Å². The maximum atomic E-state index is 11.1. The van der Waals surface area contributed by atoms with Gasteiger partial charge in [-0.25, -0.2) is 9.78 Å². The van der Waals surface area contributed by atoms with Gasteiger partial charge in [-0.15, -0.1) is 0 Å². The maximum absolute atomic E-state index is 11.1. The number of oxazole rings is 1. The number of hydrogen-bond donors (Lipinski definition) is 1. The number of aromatic nitrogens is 1. The zero-order chi connectivity index (χ0) is 12.7. The first-order valence-electron chi connectivity index (χ1n) is 5.96. The maximum Gasteiger partial charge on any atom is 0.373 e. The summed E-state index contributed by atoms with van der Waals surface area (Å²) in [5.74, 6) is -0.381. The van der Waals surface area contributed by atoms with Gasteiger partial charge < -0.3 is 9.52 Å². The van der Waals surface area contributed by atoms with Gasteiger partial charge in [-0.05, 0) is 31.9 Å². The number of benzene rings is 1. The van der Waals surface area contributed by atoms with Crippen LogP contribution in [0.4, 0.5) is 0 Å². The van der Waals surface area contributed by atoms with Crippen molar-refractivity contribution in [1.82, 2.24) is 4.98 Å². The Morgan fingerprint density at radius 2 is 2.22 bits per heavy atom. The standard InChI is InChI=1S/C14H13NO3/c1-8-3-2-4-10(7-8)13-15-11(9-5-6-9)12(18-13)14(16)17/h2-4,7,9H,5-6H2,1H3,(H,16,17). The predicted octanol–water partition coefficient (Wildman–Crippen LogP) is 3.23. The molecule has 4 heteroatoms. The van der Waals surface area contributed by atoms with E-state index in [2.05, 4.69) is 4.98 Å². The predicted molar refractivity (Wildman–Crippen MR) is 65.6 cm³/mol. The van der Waals surface area contributed by atoms with E-state index in [0.717, 1.165) is 24.0 Å². The Morgan fingerprint density at radius 3 is 2.83 bits per heavy atom. The van der Waals surface area contributed by atoms with Gasteiger partial charge in [0.05, 0.1) is 5.69 Å². The van der Waals surface area contributed by atoms with E-state index in [1.165, 1.54) is 0 Å². The van der Waals surface area contributed by atoms with Gasteiger partial charge in [0.15, 0.2) is 0 Å². The van der Waals surface area contributed by atoms with E-state index in [4.69, 9.17) is 9.52 Å². The summed E-state index contributed by atoms with van der Waals surface area (Å²) in [6.07, 6.45) is 2.00. The second kappa shape index (κ2) is 3.98. The van der Waals surface area contributed by atoms with Gasteiger partial charge in [0.2, 0.25) is 11.7 Å². The summed E-state index contributed by atoms with van der Waals surface area (Å²) in [6, 6.07) is 7.70. The Hall–Kier alpha value is -2.10. The molecule has 0 saturated heterocycles. The second-order valence-electron chi connectivity index (χ2n) is 4.68. The Morgan fingerprint density at radius 1 is 1.44 bits per heavy atom. The molecule has 0 bridgehead atoms. The molecule has 18 heavy (non-hydrogen) atoms. The molecular formula is C14H13NO3. The Labute approximate surface area is 104 Å². The lowest BCUT2D eigenvalue weighted by atomic mass is 10.1. The Bertz CT molecular complexity index is 611. The van der Waals surface area contributed by atoms with Crippen molar-refractivity contribution in [2.24, 2.45) is 0 Å². The second-order valence-corrected chi connectivity index (χ2v) is 4.68. The minimum atomic E-state index is -1.04. The highest BCUT2D eigenvalue weighted by molar-refractivity contribution is 5.86. The van der Waals surface area contributed by atoms with Crippen molar-refractivity contribution in [2.45, 2.75) is 25.7 Å². The topological polar surface area (TPSA) is 63.3 Å². The number of aryl methyl sites for hydroxylation is 1. The van der Waals surface area contributed by atoms with Crippen molar-refractivity contribution in [3.63, 3.8) is 0 Å². The number of nitrogens with zero attached hydrogens (tertiary/aromatic N) is 1. The smallest absolute Gasteiger partial charge is 0.373 e. The number of rotatable bonds is 3. The number of aromatic carboxylic acids is 1. The molecule has 4 nitrogen and oxygen atoms in total. The Kier molecular flexibility index (Phi) is 2.44. The average molecular weight is 243 g/mol. The molecule has 1 fully saturated rings. The van der Waals surface area contributed by atoms with Crippen LogP contribution in [0.25, 0.3) is 11.5 Å². The third-order valence-electron chi connectivity index (χ3n) is 3.08. The summed E-state index contributed by atoms with van der Waals surface area (Å²) < 4.78 is 5.41. The Balaban J connectivity index is 2.07. The third kappa shape index (κ3) is 1.90. The lowest BCUT2D eigenvalue weighted by molar-refractivity contribution is 0.0661. The van der Waals surface area contributed by atoms with E-state index in [1.807, 2.05) is 31.2 Å². The fourth-order valence-electron chi connectivity index (χ4n) is 2.02. The van der Waals surface area contributed by atoms with Crippen molar-refractivity contribution >= 4 is 5.97 Å². The van der Waals surface area contributed by atoms with Crippen LogP contribution in [-0.4, -0.2) is 16.1 Å². The number of carboxylic acids is 1. The first-order valence-corrected chi connectivity index (χ1v) is 5.96. The average Bonchev–Trinajstić information content (AvgIpc) is 3.07. The molecule has 3 rings (SSSR count). The molecule has 1 aromatic carbocycles. The molecule has 1 saturated carbocycles. The molecular weight excluding hydrogens is 230 g/mol. The third-order valence-corrected chi connectivity index (χ3v) is 3.08. The van der Waals surface area contributed by atoms with Crippen LogP contribution in [0.1, 0.15) is 40.6 Å². The molecule has 0 aliphatic heterocycles. The summed E-state index contributed by atoms with van der Waals surface area (Å²) in [6.45, 7) is 1.98. The van der Waals surface area contributed by atoms with Crippen molar-refractivity contribution in [3.8, 4) is 11.5 Å². The molecule has 2 aromatic rings. The van der Waals surface area contributed by atoms with Gasteiger partial charge in [-0.1, -0.05) is 17.7 Å². The number of carbonyl (C=O) groups is 1.